The van der Waals surface area contributed by atoms with Crippen molar-refractivity contribution in [3.8, 4) is 0 Å². The minimum absolute atomic E-state index is 0.00157. The van der Waals surface area contributed by atoms with Gasteiger partial charge in [0.2, 0.25) is 5.82 Å². The van der Waals surface area contributed by atoms with Crippen molar-refractivity contribution in [3.05, 3.63) is 20.2 Å². The number of anilines is 1. The fourth-order valence-electron chi connectivity index (χ4n) is 1.07. The first kappa shape index (κ1) is 9.89. The van der Waals surface area contributed by atoms with Gasteiger partial charge >= 0.3 is 11.5 Å². The van der Waals surface area contributed by atoms with Crippen LogP contribution in [0.25, 0.3) is 0 Å². The molecule has 0 fully saturated rings. The molecule has 0 aliphatic heterocycles. The summed E-state index contributed by atoms with van der Waals surface area (Å²) in [6.07, 6.45) is 0. The Morgan fingerprint density at radius 3 is 2.29 bits per heavy atom. The van der Waals surface area contributed by atoms with Crippen LogP contribution in [-0.4, -0.2) is 26.7 Å². The minimum Gasteiger partial charge on any atom is -0.366 e. The molecule has 1 aromatic heterocycles. The standard InChI is InChI=1S/C5H7N5O4/c1-6-4-3(9(11)12)5(10(13)14)7-8(4)2/h6H,1-2H3. The molecule has 9 nitrogen and oxygen atoms in total. The summed E-state index contributed by atoms with van der Waals surface area (Å²) < 4.78 is 1.05. The van der Waals surface area contributed by atoms with E-state index in [1.54, 1.807) is 0 Å². The molecule has 1 aromatic rings. The molecule has 1 heterocycles. The Kier molecular flexibility index (Phi) is 2.32. The molecule has 9 heteroatoms. The molecule has 0 atom stereocenters. The highest BCUT2D eigenvalue weighted by Crippen LogP contribution is 2.32. The molecule has 0 aliphatic carbocycles. The molecular weight excluding hydrogens is 194 g/mol. The van der Waals surface area contributed by atoms with Crippen LogP contribution in [0.5, 0.6) is 0 Å². The summed E-state index contributed by atoms with van der Waals surface area (Å²) in [5.74, 6) is -0.761. The average Bonchev–Trinajstić information content (AvgIpc) is 2.42. The number of aryl methyl sites for hydroxylation is 1. The maximum atomic E-state index is 10.5. The average molecular weight is 201 g/mol. The Balaban J connectivity index is 3.45. The third-order valence-electron chi connectivity index (χ3n) is 1.60. The molecule has 1 rings (SSSR count). The smallest absolute Gasteiger partial charge is 0.366 e. The van der Waals surface area contributed by atoms with Gasteiger partial charge < -0.3 is 15.4 Å². The van der Waals surface area contributed by atoms with Crippen molar-refractivity contribution in [1.82, 2.24) is 9.78 Å². The van der Waals surface area contributed by atoms with Gasteiger partial charge in [0.1, 0.15) is 0 Å². The Morgan fingerprint density at radius 1 is 1.36 bits per heavy atom. The van der Waals surface area contributed by atoms with E-state index in [4.69, 9.17) is 0 Å². The summed E-state index contributed by atoms with van der Waals surface area (Å²) in [7, 11) is 2.81. The SMILES string of the molecule is CNc1c([N+](=O)[O-])c([N+](=O)[O-])nn1C. The first-order valence-corrected chi connectivity index (χ1v) is 3.52. The molecule has 0 amide bonds. The predicted molar refractivity (Wildman–Crippen MR) is 46.1 cm³/mol. The normalized spacial score (nSPS) is 9.86. The quantitative estimate of drug-likeness (QED) is 0.554. The lowest BCUT2D eigenvalue weighted by atomic mass is 10.5. The first-order chi connectivity index (χ1) is 6.49. The molecule has 76 valence electrons. The van der Waals surface area contributed by atoms with Gasteiger partial charge in [0.15, 0.2) is 0 Å². The molecule has 0 unspecified atom stereocenters. The number of rotatable bonds is 3. The van der Waals surface area contributed by atoms with Gasteiger partial charge in [-0.05, 0) is 4.92 Å². The van der Waals surface area contributed by atoms with Crippen LogP contribution in [0.15, 0.2) is 0 Å². The zero-order chi connectivity index (χ0) is 10.9. The lowest BCUT2D eigenvalue weighted by Crippen LogP contribution is -2.00. The van der Waals surface area contributed by atoms with Crippen LogP contribution in [0.2, 0.25) is 0 Å². The van der Waals surface area contributed by atoms with Gasteiger partial charge in [0.05, 0.1) is 17.1 Å². The van der Waals surface area contributed by atoms with E-state index in [2.05, 4.69) is 10.4 Å². The van der Waals surface area contributed by atoms with Crippen LogP contribution < -0.4 is 5.32 Å². The molecule has 1 N–H and O–H groups in total. The van der Waals surface area contributed by atoms with Crippen molar-refractivity contribution in [1.29, 1.82) is 0 Å². The van der Waals surface area contributed by atoms with Gasteiger partial charge in [-0.15, -0.1) is 0 Å². The molecule has 0 bridgehead atoms. The lowest BCUT2D eigenvalue weighted by molar-refractivity contribution is -0.424. The first-order valence-electron chi connectivity index (χ1n) is 3.52. The molecule has 0 spiro atoms. The topological polar surface area (TPSA) is 116 Å². The summed E-state index contributed by atoms with van der Waals surface area (Å²) in [6, 6.07) is 0. The molecule has 0 saturated carbocycles. The van der Waals surface area contributed by atoms with Gasteiger partial charge in [0, 0.05) is 7.05 Å². The van der Waals surface area contributed by atoms with Crippen LogP contribution in [-0.2, 0) is 7.05 Å². The minimum atomic E-state index is -0.890. The van der Waals surface area contributed by atoms with Crippen LogP contribution in [0, 0.1) is 20.2 Å². The Morgan fingerprint density at radius 2 is 1.93 bits per heavy atom. The third-order valence-corrected chi connectivity index (χ3v) is 1.60. The van der Waals surface area contributed by atoms with Crippen molar-refractivity contribution in [2.24, 2.45) is 7.05 Å². The second kappa shape index (κ2) is 3.28. The largest absolute Gasteiger partial charge is 0.470 e. The highest BCUT2D eigenvalue weighted by Gasteiger charge is 2.35. The number of nitro groups is 2. The zero-order valence-corrected chi connectivity index (χ0v) is 7.42. The molecule has 14 heavy (non-hydrogen) atoms. The van der Waals surface area contributed by atoms with Crippen LogP contribution >= 0.6 is 0 Å². The summed E-state index contributed by atoms with van der Waals surface area (Å²) in [5, 5.41) is 26.8. The number of nitrogens with one attached hydrogen (secondary N) is 1. The lowest BCUT2D eigenvalue weighted by Gasteiger charge is -1.94. The van der Waals surface area contributed by atoms with Gasteiger partial charge in [-0.1, -0.05) is 0 Å². The molecule has 0 aliphatic rings. The maximum absolute atomic E-state index is 10.5. The summed E-state index contributed by atoms with van der Waals surface area (Å²) in [5.41, 5.74) is -0.625. The monoisotopic (exact) mass is 201 g/mol. The number of hydrogen-bond acceptors (Lipinski definition) is 6. The summed E-state index contributed by atoms with van der Waals surface area (Å²) in [6.45, 7) is 0. The number of nitrogens with zero attached hydrogens (tertiary/aromatic N) is 4. The second-order valence-corrected chi connectivity index (χ2v) is 2.41. The molecule has 0 aromatic carbocycles. The Hall–Kier alpha value is -2.19. The second-order valence-electron chi connectivity index (χ2n) is 2.41. The van der Waals surface area contributed by atoms with Crippen LogP contribution in [0.4, 0.5) is 17.3 Å². The van der Waals surface area contributed by atoms with E-state index in [9.17, 15) is 20.2 Å². The zero-order valence-electron chi connectivity index (χ0n) is 7.42. The van der Waals surface area contributed by atoms with Crippen molar-refractivity contribution in [2.45, 2.75) is 0 Å². The third kappa shape index (κ3) is 1.34. The van der Waals surface area contributed by atoms with Gasteiger partial charge in [0.25, 0.3) is 0 Å². The Bertz CT molecular complexity index is 397. The van der Waals surface area contributed by atoms with E-state index in [-0.39, 0.29) is 5.82 Å². The van der Waals surface area contributed by atoms with Gasteiger partial charge in [-0.2, -0.15) is 4.68 Å². The van der Waals surface area contributed by atoms with Crippen molar-refractivity contribution >= 4 is 17.3 Å². The Labute approximate surface area is 77.6 Å². The predicted octanol–water partition coefficient (Wildman–Crippen LogP) is 0.278. The maximum Gasteiger partial charge on any atom is 0.470 e. The van der Waals surface area contributed by atoms with Crippen molar-refractivity contribution in [3.63, 3.8) is 0 Å². The van der Waals surface area contributed by atoms with Gasteiger partial charge in [-0.25, -0.2) is 0 Å². The summed E-state index contributed by atoms with van der Waals surface area (Å²) >= 11 is 0. The highest BCUT2D eigenvalue weighted by molar-refractivity contribution is 5.65. The molecule has 0 radical (unpaired) electrons. The van der Waals surface area contributed by atoms with Crippen molar-refractivity contribution in [2.75, 3.05) is 12.4 Å². The van der Waals surface area contributed by atoms with E-state index < -0.39 is 21.4 Å². The molecule has 0 saturated heterocycles. The fraction of sp³-hybridized carbons (Fsp3) is 0.400. The van der Waals surface area contributed by atoms with Crippen molar-refractivity contribution < 1.29 is 9.85 Å². The van der Waals surface area contributed by atoms with E-state index in [0.29, 0.717) is 0 Å². The van der Waals surface area contributed by atoms with E-state index in [1.807, 2.05) is 0 Å². The van der Waals surface area contributed by atoms with Gasteiger partial charge in [-0.3, -0.25) is 10.1 Å². The highest BCUT2D eigenvalue weighted by atomic mass is 16.6. The number of hydrogen-bond donors (Lipinski definition) is 1. The van der Waals surface area contributed by atoms with E-state index >= 15 is 0 Å². The van der Waals surface area contributed by atoms with E-state index in [0.717, 1.165) is 4.68 Å². The summed E-state index contributed by atoms with van der Waals surface area (Å²) in [4.78, 5) is 19.2. The molecular formula is C5H7N5O4. The number of aromatic nitrogens is 2. The van der Waals surface area contributed by atoms with Crippen LogP contribution in [0.3, 0.4) is 0 Å². The van der Waals surface area contributed by atoms with Crippen LogP contribution in [0.1, 0.15) is 0 Å². The van der Waals surface area contributed by atoms with E-state index in [1.165, 1.54) is 14.1 Å². The fourth-order valence-corrected chi connectivity index (χ4v) is 1.07.